The van der Waals surface area contributed by atoms with Crippen molar-refractivity contribution in [3.63, 3.8) is 0 Å². The smallest absolute Gasteiger partial charge is 0.363 e. The molecule has 0 saturated carbocycles. The van der Waals surface area contributed by atoms with Crippen molar-refractivity contribution in [3.05, 3.63) is 58.8 Å². The largest absolute Gasteiger partial charge is 0.493 e. The predicted octanol–water partition coefficient (Wildman–Crippen LogP) is 3.37. The predicted molar refractivity (Wildman–Crippen MR) is 97.9 cm³/mol. The molecule has 0 bridgehead atoms. The second-order valence-electron chi connectivity index (χ2n) is 5.66. The van der Waals surface area contributed by atoms with Crippen molar-refractivity contribution >= 4 is 17.9 Å². The summed E-state index contributed by atoms with van der Waals surface area (Å²) in [6.45, 7) is 1.99. The fourth-order valence-electron chi connectivity index (χ4n) is 2.57. The third kappa shape index (κ3) is 3.39. The van der Waals surface area contributed by atoms with Crippen LogP contribution in [0.4, 0.5) is 0 Å². The van der Waals surface area contributed by atoms with Crippen molar-refractivity contribution in [2.45, 2.75) is 6.92 Å². The van der Waals surface area contributed by atoms with Gasteiger partial charge in [0.15, 0.2) is 17.2 Å². The standard InChI is InChI=1S/C20H19NO5/c1-12-5-7-14(8-6-12)19-21-15(20(22)26-19)9-13-10-16(23-2)18(25-4)17(11-13)24-3/h5-11H,1-4H3. The number of cyclic esters (lactones) is 1. The van der Waals surface area contributed by atoms with E-state index in [0.29, 0.717) is 22.8 Å². The van der Waals surface area contributed by atoms with Crippen LogP contribution in [0.2, 0.25) is 0 Å². The molecule has 26 heavy (non-hydrogen) atoms. The van der Waals surface area contributed by atoms with Crippen LogP contribution in [-0.4, -0.2) is 33.2 Å². The van der Waals surface area contributed by atoms with Gasteiger partial charge in [-0.15, -0.1) is 0 Å². The van der Waals surface area contributed by atoms with Crippen molar-refractivity contribution < 1.29 is 23.7 Å². The number of carbonyl (C=O) groups is 1. The number of nitrogens with zero attached hydrogens (tertiary/aromatic N) is 1. The first-order valence-electron chi connectivity index (χ1n) is 7.95. The van der Waals surface area contributed by atoms with Crippen LogP contribution in [0.15, 0.2) is 47.1 Å². The number of aryl methyl sites for hydroxylation is 1. The number of carbonyl (C=O) groups excluding carboxylic acids is 1. The summed E-state index contributed by atoms with van der Waals surface area (Å²) in [5, 5.41) is 0. The molecule has 2 aromatic carbocycles. The van der Waals surface area contributed by atoms with E-state index in [1.807, 2.05) is 31.2 Å². The maximum absolute atomic E-state index is 12.2. The number of hydrogen-bond acceptors (Lipinski definition) is 6. The Morgan fingerprint density at radius 3 is 2.12 bits per heavy atom. The Labute approximate surface area is 151 Å². The minimum atomic E-state index is -0.505. The van der Waals surface area contributed by atoms with Gasteiger partial charge in [-0.05, 0) is 42.8 Å². The Morgan fingerprint density at radius 1 is 0.962 bits per heavy atom. The molecule has 6 heteroatoms. The lowest BCUT2D eigenvalue weighted by Gasteiger charge is -2.12. The zero-order valence-electron chi connectivity index (χ0n) is 15.0. The number of rotatable bonds is 5. The van der Waals surface area contributed by atoms with E-state index in [4.69, 9.17) is 18.9 Å². The molecule has 0 fully saturated rings. The van der Waals surface area contributed by atoms with Crippen molar-refractivity contribution in [2.24, 2.45) is 4.99 Å². The number of hydrogen-bond donors (Lipinski definition) is 0. The fraction of sp³-hybridized carbons (Fsp3) is 0.200. The second-order valence-corrected chi connectivity index (χ2v) is 5.66. The molecule has 0 saturated heterocycles. The Morgan fingerprint density at radius 2 is 1.58 bits per heavy atom. The number of esters is 1. The van der Waals surface area contributed by atoms with Gasteiger partial charge in [0.25, 0.3) is 0 Å². The first-order chi connectivity index (χ1) is 12.5. The first kappa shape index (κ1) is 17.5. The molecule has 0 atom stereocenters. The molecule has 0 unspecified atom stereocenters. The molecule has 134 valence electrons. The summed E-state index contributed by atoms with van der Waals surface area (Å²) >= 11 is 0. The summed E-state index contributed by atoms with van der Waals surface area (Å²) in [7, 11) is 4.60. The molecule has 1 heterocycles. The molecule has 2 aromatic rings. The Balaban J connectivity index is 1.99. The molecule has 3 rings (SSSR count). The van der Waals surface area contributed by atoms with Gasteiger partial charge in [-0.25, -0.2) is 9.79 Å². The van der Waals surface area contributed by atoms with E-state index in [1.54, 1.807) is 18.2 Å². The molecule has 0 N–H and O–H groups in total. The lowest BCUT2D eigenvalue weighted by Crippen LogP contribution is -2.05. The topological polar surface area (TPSA) is 66.4 Å². The van der Waals surface area contributed by atoms with E-state index in [9.17, 15) is 4.79 Å². The van der Waals surface area contributed by atoms with E-state index in [1.165, 1.54) is 21.3 Å². The molecular formula is C20H19NO5. The van der Waals surface area contributed by atoms with Crippen LogP contribution in [0.1, 0.15) is 16.7 Å². The lowest BCUT2D eigenvalue weighted by molar-refractivity contribution is -0.129. The van der Waals surface area contributed by atoms with Gasteiger partial charge in [-0.2, -0.15) is 0 Å². The highest BCUT2D eigenvalue weighted by Crippen LogP contribution is 2.39. The first-order valence-corrected chi connectivity index (χ1v) is 7.95. The monoisotopic (exact) mass is 353 g/mol. The highest BCUT2D eigenvalue weighted by Gasteiger charge is 2.24. The number of aliphatic imine (C=N–C) groups is 1. The van der Waals surface area contributed by atoms with Crippen molar-refractivity contribution in [1.82, 2.24) is 0 Å². The van der Waals surface area contributed by atoms with E-state index >= 15 is 0 Å². The highest BCUT2D eigenvalue weighted by molar-refractivity contribution is 6.12. The Kier molecular flexibility index (Phi) is 4.93. The van der Waals surface area contributed by atoms with Crippen molar-refractivity contribution in [2.75, 3.05) is 21.3 Å². The van der Waals surface area contributed by atoms with Crippen LogP contribution < -0.4 is 14.2 Å². The quantitative estimate of drug-likeness (QED) is 0.609. The SMILES string of the molecule is COc1cc(C=C2N=C(c3ccc(C)cc3)OC2=O)cc(OC)c1OC. The average molecular weight is 353 g/mol. The summed E-state index contributed by atoms with van der Waals surface area (Å²) in [6.07, 6.45) is 1.62. The van der Waals surface area contributed by atoms with E-state index in [-0.39, 0.29) is 11.6 Å². The van der Waals surface area contributed by atoms with Crippen LogP contribution in [0.3, 0.4) is 0 Å². The van der Waals surface area contributed by atoms with Gasteiger partial charge in [-0.3, -0.25) is 0 Å². The molecule has 0 radical (unpaired) electrons. The molecule has 0 spiro atoms. The van der Waals surface area contributed by atoms with E-state index in [0.717, 1.165) is 11.1 Å². The molecular weight excluding hydrogens is 334 g/mol. The summed E-state index contributed by atoms with van der Waals surface area (Å²) in [5.74, 6) is 1.25. The summed E-state index contributed by atoms with van der Waals surface area (Å²) in [6, 6.07) is 11.1. The third-order valence-corrected chi connectivity index (χ3v) is 3.91. The fourth-order valence-corrected chi connectivity index (χ4v) is 2.57. The average Bonchev–Trinajstić information content (AvgIpc) is 3.01. The zero-order valence-corrected chi connectivity index (χ0v) is 15.0. The Bertz CT molecular complexity index is 872. The zero-order chi connectivity index (χ0) is 18.7. The van der Waals surface area contributed by atoms with E-state index in [2.05, 4.69) is 4.99 Å². The van der Waals surface area contributed by atoms with Gasteiger partial charge >= 0.3 is 5.97 Å². The minimum absolute atomic E-state index is 0.204. The maximum Gasteiger partial charge on any atom is 0.363 e. The van der Waals surface area contributed by atoms with Gasteiger partial charge in [-0.1, -0.05) is 17.7 Å². The second kappa shape index (κ2) is 7.31. The Hall–Kier alpha value is -3.28. The van der Waals surface area contributed by atoms with E-state index < -0.39 is 5.97 Å². The molecule has 6 nitrogen and oxygen atoms in total. The van der Waals surface area contributed by atoms with Crippen LogP contribution in [0, 0.1) is 6.92 Å². The van der Waals surface area contributed by atoms with Crippen LogP contribution in [0.5, 0.6) is 17.2 Å². The van der Waals surface area contributed by atoms with Crippen molar-refractivity contribution in [3.8, 4) is 17.2 Å². The van der Waals surface area contributed by atoms with Gasteiger partial charge in [0.1, 0.15) is 0 Å². The summed E-state index contributed by atoms with van der Waals surface area (Å²) in [4.78, 5) is 16.5. The molecule has 0 amide bonds. The van der Waals surface area contributed by atoms with Crippen LogP contribution >= 0.6 is 0 Å². The van der Waals surface area contributed by atoms with Gasteiger partial charge in [0.2, 0.25) is 11.6 Å². The van der Waals surface area contributed by atoms with Gasteiger partial charge in [0.05, 0.1) is 21.3 Å². The van der Waals surface area contributed by atoms with Gasteiger partial charge in [0, 0.05) is 5.56 Å². The number of benzene rings is 2. The van der Waals surface area contributed by atoms with Crippen molar-refractivity contribution in [1.29, 1.82) is 0 Å². The summed E-state index contributed by atoms with van der Waals surface area (Å²) in [5.41, 5.74) is 2.75. The van der Waals surface area contributed by atoms with Crippen LogP contribution in [0.25, 0.3) is 6.08 Å². The number of methoxy groups -OCH3 is 3. The maximum atomic E-state index is 12.2. The molecule has 1 aliphatic rings. The van der Waals surface area contributed by atoms with Crippen LogP contribution in [-0.2, 0) is 9.53 Å². The molecule has 1 aliphatic heterocycles. The normalized spacial score (nSPS) is 14.8. The molecule has 0 aliphatic carbocycles. The lowest BCUT2D eigenvalue weighted by atomic mass is 10.1. The highest BCUT2D eigenvalue weighted by atomic mass is 16.6. The number of ether oxygens (including phenoxy) is 4. The van der Waals surface area contributed by atoms with Gasteiger partial charge < -0.3 is 18.9 Å². The summed E-state index contributed by atoms with van der Waals surface area (Å²) < 4.78 is 21.2. The molecule has 0 aromatic heterocycles. The minimum Gasteiger partial charge on any atom is -0.493 e. The third-order valence-electron chi connectivity index (χ3n) is 3.91.